The summed E-state index contributed by atoms with van der Waals surface area (Å²) in [5, 5.41) is 6.25. The van der Waals surface area contributed by atoms with Crippen LogP contribution in [-0.4, -0.2) is 24.1 Å². The Morgan fingerprint density at radius 3 is 2.71 bits per heavy atom. The van der Waals surface area contributed by atoms with Gasteiger partial charge in [-0.25, -0.2) is 4.79 Å². The quantitative estimate of drug-likeness (QED) is 0.879. The predicted molar refractivity (Wildman–Crippen MR) is 97.6 cm³/mol. The Bertz CT molecular complexity index is 687. The first-order valence-electron chi connectivity index (χ1n) is 8.21. The topological polar surface area (TPSA) is 57.3 Å². The molecule has 0 bridgehead atoms. The van der Waals surface area contributed by atoms with E-state index in [9.17, 15) is 4.79 Å². The summed E-state index contributed by atoms with van der Waals surface area (Å²) in [6, 6.07) is 11.0. The number of nitrogens with zero attached hydrogens (tertiary/aromatic N) is 2. The van der Waals surface area contributed by atoms with E-state index in [0.29, 0.717) is 17.3 Å². The van der Waals surface area contributed by atoms with Gasteiger partial charge in [-0.1, -0.05) is 17.7 Å². The fraction of sp³-hybridized carbons (Fsp3) is 0.333. The number of pyridine rings is 1. The second kappa shape index (κ2) is 8.02. The highest BCUT2D eigenvalue weighted by molar-refractivity contribution is 6.33. The molecule has 1 aromatic heterocycles. The minimum absolute atomic E-state index is 0.276. The summed E-state index contributed by atoms with van der Waals surface area (Å²) in [6.07, 6.45) is 5.39. The van der Waals surface area contributed by atoms with Crippen molar-refractivity contribution >= 4 is 29.0 Å². The molecule has 0 saturated carbocycles. The minimum Gasteiger partial charge on any atom is -0.370 e. The number of hydrogen-bond donors (Lipinski definition) is 2. The first-order valence-corrected chi connectivity index (χ1v) is 8.59. The monoisotopic (exact) mass is 344 g/mol. The Labute approximate surface area is 147 Å². The van der Waals surface area contributed by atoms with Gasteiger partial charge in [0.2, 0.25) is 0 Å². The molecule has 0 atom stereocenters. The zero-order valence-corrected chi connectivity index (χ0v) is 14.2. The molecule has 5 nitrogen and oxygen atoms in total. The predicted octanol–water partition coefficient (Wildman–Crippen LogP) is 4.05. The number of carbonyl (C=O) groups is 1. The Morgan fingerprint density at radius 2 is 2.00 bits per heavy atom. The van der Waals surface area contributed by atoms with Crippen molar-refractivity contribution in [2.24, 2.45) is 0 Å². The van der Waals surface area contributed by atoms with E-state index in [0.717, 1.165) is 24.5 Å². The average Bonchev–Trinajstić information content (AvgIpc) is 2.62. The second-order valence-electron chi connectivity index (χ2n) is 5.84. The third-order valence-corrected chi connectivity index (χ3v) is 4.36. The van der Waals surface area contributed by atoms with Gasteiger partial charge < -0.3 is 15.5 Å². The van der Waals surface area contributed by atoms with Gasteiger partial charge in [0.25, 0.3) is 0 Å². The summed E-state index contributed by atoms with van der Waals surface area (Å²) in [7, 11) is 0. The Kier molecular flexibility index (Phi) is 5.54. The molecular formula is C18H21ClN4O. The summed E-state index contributed by atoms with van der Waals surface area (Å²) < 4.78 is 0. The molecule has 1 aromatic carbocycles. The van der Waals surface area contributed by atoms with Crippen LogP contribution in [0.4, 0.5) is 16.2 Å². The van der Waals surface area contributed by atoms with E-state index in [-0.39, 0.29) is 6.03 Å². The van der Waals surface area contributed by atoms with Crippen LogP contribution in [0.1, 0.15) is 25.0 Å². The van der Waals surface area contributed by atoms with Gasteiger partial charge in [0.05, 0.1) is 22.9 Å². The molecule has 6 heteroatoms. The normalized spacial score (nSPS) is 14.3. The molecular weight excluding hydrogens is 324 g/mol. The van der Waals surface area contributed by atoms with Gasteiger partial charge >= 0.3 is 6.03 Å². The van der Waals surface area contributed by atoms with E-state index in [1.807, 2.05) is 30.3 Å². The number of urea groups is 1. The number of benzene rings is 1. The molecule has 24 heavy (non-hydrogen) atoms. The molecule has 1 aliphatic rings. The molecule has 3 rings (SSSR count). The summed E-state index contributed by atoms with van der Waals surface area (Å²) in [5.74, 6) is 0. The van der Waals surface area contributed by atoms with Crippen molar-refractivity contribution < 1.29 is 4.79 Å². The highest BCUT2D eigenvalue weighted by Gasteiger charge is 2.14. The summed E-state index contributed by atoms with van der Waals surface area (Å²) in [6.45, 7) is 2.46. The molecule has 2 N–H and O–H groups in total. The highest BCUT2D eigenvalue weighted by Crippen LogP contribution is 2.30. The van der Waals surface area contributed by atoms with Gasteiger partial charge in [-0.2, -0.15) is 0 Å². The van der Waals surface area contributed by atoms with Crippen LogP contribution >= 0.6 is 11.6 Å². The molecule has 2 aromatic rings. The van der Waals surface area contributed by atoms with E-state index < -0.39 is 0 Å². The van der Waals surface area contributed by atoms with Gasteiger partial charge in [-0.05, 0) is 49.6 Å². The van der Waals surface area contributed by atoms with Crippen LogP contribution in [-0.2, 0) is 6.54 Å². The maximum atomic E-state index is 12.0. The number of carbonyl (C=O) groups excluding carboxylic acids is 1. The van der Waals surface area contributed by atoms with Crippen LogP contribution in [0.15, 0.2) is 42.6 Å². The summed E-state index contributed by atoms with van der Waals surface area (Å²) in [5.41, 5.74) is 2.53. The maximum absolute atomic E-state index is 12.0. The van der Waals surface area contributed by atoms with Crippen LogP contribution in [0, 0.1) is 0 Å². The molecule has 0 aliphatic carbocycles. The average molecular weight is 345 g/mol. The Hall–Kier alpha value is -2.27. The van der Waals surface area contributed by atoms with Gasteiger partial charge in [-0.15, -0.1) is 0 Å². The van der Waals surface area contributed by atoms with E-state index in [1.54, 1.807) is 12.3 Å². The zero-order chi connectivity index (χ0) is 16.8. The van der Waals surface area contributed by atoms with Crippen LogP contribution in [0.5, 0.6) is 0 Å². The first kappa shape index (κ1) is 16.6. The minimum atomic E-state index is -0.276. The zero-order valence-electron chi connectivity index (χ0n) is 13.5. The van der Waals surface area contributed by atoms with Crippen LogP contribution in [0.2, 0.25) is 5.02 Å². The van der Waals surface area contributed by atoms with Crippen LogP contribution in [0.25, 0.3) is 0 Å². The number of rotatable bonds is 4. The molecule has 2 heterocycles. The van der Waals surface area contributed by atoms with Crippen molar-refractivity contribution in [3.8, 4) is 0 Å². The maximum Gasteiger partial charge on any atom is 0.319 e. The molecule has 1 saturated heterocycles. The Balaban J connectivity index is 1.57. The lowest BCUT2D eigenvalue weighted by molar-refractivity contribution is 0.251. The highest BCUT2D eigenvalue weighted by atomic mass is 35.5. The fourth-order valence-corrected chi connectivity index (χ4v) is 3.12. The second-order valence-corrected chi connectivity index (χ2v) is 6.25. The van der Waals surface area contributed by atoms with E-state index >= 15 is 0 Å². The molecule has 0 spiro atoms. The Morgan fingerprint density at radius 1 is 1.17 bits per heavy atom. The lowest BCUT2D eigenvalue weighted by atomic mass is 10.1. The van der Waals surface area contributed by atoms with E-state index in [2.05, 4.69) is 20.5 Å². The van der Waals surface area contributed by atoms with Gasteiger partial charge in [0.15, 0.2) is 0 Å². The van der Waals surface area contributed by atoms with Crippen molar-refractivity contribution in [1.29, 1.82) is 0 Å². The first-order chi connectivity index (χ1) is 11.7. The van der Waals surface area contributed by atoms with Crippen molar-refractivity contribution in [2.75, 3.05) is 23.3 Å². The SMILES string of the molecule is O=C(NCc1ccccn1)Nc1ccc(N2CCCCC2)c(Cl)c1. The van der Waals surface area contributed by atoms with Gasteiger partial charge in [0.1, 0.15) is 0 Å². The van der Waals surface area contributed by atoms with Crippen molar-refractivity contribution in [2.45, 2.75) is 25.8 Å². The van der Waals surface area contributed by atoms with Gasteiger partial charge in [0, 0.05) is 25.0 Å². The number of amides is 2. The number of aromatic nitrogens is 1. The third kappa shape index (κ3) is 4.38. The molecule has 1 aliphatic heterocycles. The number of halogens is 1. The smallest absolute Gasteiger partial charge is 0.319 e. The molecule has 2 amide bonds. The largest absolute Gasteiger partial charge is 0.370 e. The third-order valence-electron chi connectivity index (χ3n) is 4.06. The lowest BCUT2D eigenvalue weighted by Crippen LogP contribution is -2.30. The molecule has 0 radical (unpaired) electrons. The van der Waals surface area contributed by atoms with Crippen LogP contribution < -0.4 is 15.5 Å². The standard InChI is InChI=1S/C18H21ClN4O/c19-16-12-14(7-8-17(16)23-10-4-1-5-11-23)22-18(24)21-13-15-6-2-3-9-20-15/h2-3,6-9,12H,1,4-5,10-11,13H2,(H2,21,22,24). The molecule has 0 unspecified atom stereocenters. The summed E-state index contributed by atoms with van der Waals surface area (Å²) >= 11 is 6.40. The van der Waals surface area contributed by atoms with Crippen molar-refractivity contribution in [1.82, 2.24) is 10.3 Å². The molecule has 126 valence electrons. The van der Waals surface area contributed by atoms with E-state index in [4.69, 9.17) is 11.6 Å². The molecule has 1 fully saturated rings. The van der Waals surface area contributed by atoms with Crippen LogP contribution in [0.3, 0.4) is 0 Å². The number of hydrogen-bond acceptors (Lipinski definition) is 3. The fourth-order valence-electron chi connectivity index (χ4n) is 2.82. The lowest BCUT2D eigenvalue weighted by Gasteiger charge is -2.29. The summed E-state index contributed by atoms with van der Waals surface area (Å²) in [4.78, 5) is 18.4. The van der Waals surface area contributed by atoms with Crippen molar-refractivity contribution in [3.05, 3.63) is 53.3 Å². The van der Waals surface area contributed by atoms with E-state index in [1.165, 1.54) is 19.3 Å². The van der Waals surface area contributed by atoms with Crippen molar-refractivity contribution in [3.63, 3.8) is 0 Å². The van der Waals surface area contributed by atoms with Gasteiger partial charge in [-0.3, -0.25) is 4.98 Å². The number of piperidine rings is 1. The number of nitrogens with one attached hydrogen (secondary N) is 2. The number of anilines is 2.